The molecule has 0 saturated heterocycles. The molecule has 4 aromatic rings. The van der Waals surface area contributed by atoms with Gasteiger partial charge in [-0.05, 0) is 53.3 Å². The molecule has 0 saturated carbocycles. The normalized spacial score (nSPS) is 10.8. The number of methoxy groups -OCH3 is 1. The molecule has 2 N–H and O–H groups in total. The average molecular weight is 462 g/mol. The highest BCUT2D eigenvalue weighted by molar-refractivity contribution is 6.35. The molecular formula is C26H24ClN3O3. The lowest BCUT2D eigenvalue weighted by Gasteiger charge is -2.08. The first kappa shape index (κ1) is 22.6. The minimum atomic E-state index is -0.214. The van der Waals surface area contributed by atoms with Gasteiger partial charge in [-0.15, -0.1) is 0 Å². The maximum Gasteiger partial charge on any atom is 0.305 e. The van der Waals surface area contributed by atoms with Gasteiger partial charge in [-0.1, -0.05) is 41.9 Å². The van der Waals surface area contributed by atoms with Crippen molar-refractivity contribution in [1.29, 1.82) is 0 Å². The maximum absolute atomic E-state index is 12.7. The number of hydrogen-bond acceptors (Lipinski definition) is 4. The molecule has 2 aromatic carbocycles. The van der Waals surface area contributed by atoms with E-state index in [1.54, 1.807) is 18.6 Å². The van der Waals surface area contributed by atoms with E-state index in [-0.39, 0.29) is 11.9 Å². The van der Waals surface area contributed by atoms with Gasteiger partial charge in [0.1, 0.15) is 0 Å². The number of aromatic amines is 1. The summed E-state index contributed by atoms with van der Waals surface area (Å²) in [7, 11) is 1.40. The Labute approximate surface area is 197 Å². The van der Waals surface area contributed by atoms with E-state index < -0.39 is 0 Å². The molecule has 0 bridgehead atoms. The number of nitrogens with one attached hydrogen (secondary N) is 2. The number of aromatic nitrogens is 2. The number of aryl methyl sites for hydroxylation is 1. The first-order chi connectivity index (χ1) is 16.0. The fourth-order valence-electron chi connectivity index (χ4n) is 3.64. The third-order valence-corrected chi connectivity index (χ3v) is 5.80. The SMILES string of the molecule is COC(=O)CCc1ccc(Cc2cncc(C(=O)NCc3ccc4[nH]cc(Cl)c4c3)c2)cc1. The molecular weight excluding hydrogens is 438 g/mol. The summed E-state index contributed by atoms with van der Waals surface area (Å²) in [5.74, 6) is -0.392. The van der Waals surface area contributed by atoms with Gasteiger partial charge in [-0.25, -0.2) is 0 Å². The van der Waals surface area contributed by atoms with E-state index in [1.165, 1.54) is 7.11 Å². The van der Waals surface area contributed by atoms with Crippen LogP contribution in [-0.4, -0.2) is 29.0 Å². The number of carbonyl (C=O) groups excluding carboxylic acids is 2. The predicted molar refractivity (Wildman–Crippen MR) is 128 cm³/mol. The lowest BCUT2D eigenvalue weighted by Crippen LogP contribution is -2.23. The number of rotatable bonds is 8. The third-order valence-electron chi connectivity index (χ3n) is 5.48. The van der Waals surface area contributed by atoms with Crippen LogP contribution in [0.1, 0.15) is 39.0 Å². The highest BCUT2D eigenvalue weighted by atomic mass is 35.5. The number of H-pyrrole nitrogens is 1. The zero-order valence-corrected chi connectivity index (χ0v) is 19.0. The number of amides is 1. The van der Waals surface area contributed by atoms with Gasteiger partial charge in [0.2, 0.25) is 0 Å². The minimum absolute atomic E-state index is 0.178. The summed E-state index contributed by atoms with van der Waals surface area (Å²) in [5.41, 5.74) is 5.58. The van der Waals surface area contributed by atoms with Gasteiger partial charge in [0.05, 0.1) is 17.7 Å². The summed E-state index contributed by atoms with van der Waals surface area (Å²) < 4.78 is 4.68. The lowest BCUT2D eigenvalue weighted by atomic mass is 10.0. The molecule has 33 heavy (non-hydrogen) atoms. The van der Waals surface area contributed by atoms with Crippen molar-refractivity contribution >= 4 is 34.4 Å². The molecule has 6 nitrogen and oxygen atoms in total. The van der Waals surface area contributed by atoms with Crippen LogP contribution in [0, 0.1) is 0 Å². The molecule has 0 radical (unpaired) electrons. The molecule has 0 aliphatic carbocycles. The molecule has 0 atom stereocenters. The number of ether oxygens (including phenoxy) is 1. The molecule has 4 rings (SSSR count). The average Bonchev–Trinajstić information content (AvgIpc) is 3.22. The molecule has 168 valence electrons. The van der Waals surface area contributed by atoms with E-state index in [1.807, 2.05) is 48.5 Å². The summed E-state index contributed by atoms with van der Waals surface area (Å²) in [6.07, 6.45) is 6.76. The van der Waals surface area contributed by atoms with E-state index in [0.717, 1.165) is 33.2 Å². The first-order valence-corrected chi connectivity index (χ1v) is 11.0. The molecule has 0 aliphatic heterocycles. The maximum atomic E-state index is 12.7. The Morgan fingerprint density at radius 3 is 2.55 bits per heavy atom. The third kappa shape index (κ3) is 5.79. The van der Waals surface area contributed by atoms with Gasteiger partial charge < -0.3 is 15.0 Å². The molecule has 2 heterocycles. The molecule has 0 aliphatic rings. The fraction of sp³-hybridized carbons (Fsp3) is 0.192. The van der Waals surface area contributed by atoms with Crippen LogP contribution in [0.3, 0.4) is 0 Å². The van der Waals surface area contributed by atoms with Crippen LogP contribution in [0.15, 0.2) is 67.1 Å². The zero-order chi connectivity index (χ0) is 23.2. The van der Waals surface area contributed by atoms with Crippen molar-refractivity contribution in [2.24, 2.45) is 0 Å². The van der Waals surface area contributed by atoms with Crippen LogP contribution in [-0.2, 0) is 28.9 Å². The molecule has 7 heteroatoms. The summed E-state index contributed by atoms with van der Waals surface area (Å²) in [5, 5.41) is 4.54. The Balaban J connectivity index is 1.36. The van der Waals surface area contributed by atoms with Crippen molar-refractivity contribution in [3.05, 3.63) is 100.0 Å². The number of benzene rings is 2. The standard InChI is InChI=1S/C26H24ClN3O3/c1-33-25(31)9-7-17-2-4-18(5-3-17)10-20-11-21(15-28-13-20)26(32)30-14-19-6-8-24-22(12-19)23(27)16-29-24/h2-6,8,11-13,15-16,29H,7,9-10,14H2,1H3,(H,30,32). The number of carbonyl (C=O) groups is 2. The van der Waals surface area contributed by atoms with Gasteiger partial charge >= 0.3 is 5.97 Å². The van der Waals surface area contributed by atoms with E-state index in [9.17, 15) is 9.59 Å². The monoisotopic (exact) mass is 461 g/mol. The second kappa shape index (κ2) is 10.3. The first-order valence-electron chi connectivity index (χ1n) is 10.6. The predicted octanol–water partition coefficient (Wildman–Crippen LogP) is 4.84. The smallest absolute Gasteiger partial charge is 0.305 e. The summed E-state index contributed by atoms with van der Waals surface area (Å²) >= 11 is 6.18. The molecule has 0 fully saturated rings. The topological polar surface area (TPSA) is 84.1 Å². The summed E-state index contributed by atoms with van der Waals surface area (Å²) in [4.78, 5) is 31.3. The molecule has 0 unspecified atom stereocenters. The van der Waals surface area contributed by atoms with Crippen LogP contribution in [0.2, 0.25) is 5.02 Å². The van der Waals surface area contributed by atoms with Gasteiger partial charge in [0.25, 0.3) is 5.91 Å². The van der Waals surface area contributed by atoms with E-state index in [2.05, 4.69) is 20.0 Å². The highest BCUT2D eigenvalue weighted by Crippen LogP contribution is 2.24. The summed E-state index contributed by atoms with van der Waals surface area (Å²) in [6.45, 7) is 0.396. The van der Waals surface area contributed by atoms with Crippen molar-refractivity contribution in [2.75, 3.05) is 7.11 Å². The van der Waals surface area contributed by atoms with Crippen LogP contribution in [0.4, 0.5) is 0 Å². The Morgan fingerprint density at radius 1 is 1.00 bits per heavy atom. The van der Waals surface area contributed by atoms with Crippen molar-refractivity contribution < 1.29 is 14.3 Å². The quantitative estimate of drug-likeness (QED) is 0.368. The Bertz CT molecular complexity index is 1280. The van der Waals surface area contributed by atoms with Crippen LogP contribution in [0.25, 0.3) is 10.9 Å². The number of fused-ring (bicyclic) bond motifs is 1. The van der Waals surface area contributed by atoms with Crippen molar-refractivity contribution in [1.82, 2.24) is 15.3 Å². The van der Waals surface area contributed by atoms with Crippen molar-refractivity contribution in [3.63, 3.8) is 0 Å². The molecule has 0 spiro atoms. The number of nitrogens with zero attached hydrogens (tertiary/aromatic N) is 1. The van der Waals surface area contributed by atoms with Gasteiger partial charge in [-0.3, -0.25) is 14.6 Å². The zero-order valence-electron chi connectivity index (χ0n) is 18.2. The van der Waals surface area contributed by atoms with Gasteiger partial charge in [0.15, 0.2) is 0 Å². The Hall–Kier alpha value is -3.64. The second-order valence-electron chi connectivity index (χ2n) is 7.85. The Morgan fingerprint density at radius 2 is 1.76 bits per heavy atom. The van der Waals surface area contributed by atoms with Crippen LogP contribution in [0.5, 0.6) is 0 Å². The minimum Gasteiger partial charge on any atom is -0.469 e. The van der Waals surface area contributed by atoms with E-state index in [4.69, 9.17) is 11.6 Å². The van der Waals surface area contributed by atoms with Crippen LogP contribution >= 0.6 is 11.6 Å². The number of esters is 1. The van der Waals surface area contributed by atoms with Gasteiger partial charge in [-0.2, -0.15) is 0 Å². The number of pyridine rings is 1. The molecule has 1 amide bonds. The fourth-order valence-corrected chi connectivity index (χ4v) is 3.86. The number of hydrogen-bond donors (Lipinski definition) is 2. The molecule has 2 aromatic heterocycles. The highest BCUT2D eigenvalue weighted by Gasteiger charge is 2.09. The van der Waals surface area contributed by atoms with Crippen molar-refractivity contribution in [2.45, 2.75) is 25.8 Å². The summed E-state index contributed by atoms with van der Waals surface area (Å²) in [6, 6.07) is 15.8. The number of halogens is 1. The Kier molecular flexibility index (Phi) is 7.05. The van der Waals surface area contributed by atoms with E-state index >= 15 is 0 Å². The van der Waals surface area contributed by atoms with Crippen molar-refractivity contribution in [3.8, 4) is 0 Å². The van der Waals surface area contributed by atoms with Crippen LogP contribution < -0.4 is 5.32 Å². The van der Waals surface area contributed by atoms with E-state index in [0.29, 0.717) is 36.4 Å². The largest absolute Gasteiger partial charge is 0.469 e. The lowest BCUT2D eigenvalue weighted by molar-refractivity contribution is -0.140. The van der Waals surface area contributed by atoms with Gasteiger partial charge in [0, 0.05) is 42.5 Å². The second-order valence-corrected chi connectivity index (χ2v) is 8.26.